The van der Waals surface area contributed by atoms with E-state index in [2.05, 4.69) is 5.10 Å². The smallest absolute Gasteiger partial charge is 0.142 e. The molecule has 1 aromatic carbocycles. The van der Waals surface area contributed by atoms with Crippen LogP contribution in [0.4, 0.5) is 4.39 Å². The first-order chi connectivity index (χ1) is 7.08. The second kappa shape index (κ2) is 3.79. The molecule has 2 N–H and O–H groups in total. The topological polar surface area (TPSA) is 43.8 Å². The number of rotatable bonds is 2. The standard InChI is InChI=1S/C10H11ClFN3/c1-6(13)5-15-10-3-8(11)9(12)2-7(10)4-14-15/h2-4,6H,5,13H2,1H3/t6-/m0/s1. The first kappa shape index (κ1) is 10.4. The highest BCUT2D eigenvalue weighted by molar-refractivity contribution is 6.31. The van der Waals surface area contributed by atoms with Gasteiger partial charge in [-0.05, 0) is 19.1 Å². The number of hydrogen-bond donors (Lipinski definition) is 1. The van der Waals surface area contributed by atoms with Crippen LogP contribution in [0.1, 0.15) is 6.92 Å². The Morgan fingerprint density at radius 3 is 3.00 bits per heavy atom. The maximum atomic E-state index is 13.1. The summed E-state index contributed by atoms with van der Waals surface area (Å²) in [6, 6.07) is 2.95. The van der Waals surface area contributed by atoms with Crippen LogP contribution >= 0.6 is 11.6 Å². The summed E-state index contributed by atoms with van der Waals surface area (Å²) in [5.74, 6) is -0.426. The van der Waals surface area contributed by atoms with Gasteiger partial charge in [-0.3, -0.25) is 4.68 Å². The maximum Gasteiger partial charge on any atom is 0.142 e. The number of nitrogens with two attached hydrogens (primary N) is 1. The SMILES string of the molecule is C[C@H](N)Cn1ncc2cc(F)c(Cl)cc21. The zero-order valence-electron chi connectivity index (χ0n) is 8.24. The third kappa shape index (κ3) is 1.96. The zero-order chi connectivity index (χ0) is 11.0. The fourth-order valence-corrected chi connectivity index (χ4v) is 1.65. The molecule has 0 saturated carbocycles. The van der Waals surface area contributed by atoms with Gasteiger partial charge in [-0.25, -0.2) is 4.39 Å². The second-order valence-electron chi connectivity index (χ2n) is 3.63. The lowest BCUT2D eigenvalue weighted by Gasteiger charge is -2.06. The van der Waals surface area contributed by atoms with Crippen LogP contribution in [-0.2, 0) is 6.54 Å². The highest BCUT2D eigenvalue weighted by atomic mass is 35.5. The van der Waals surface area contributed by atoms with Gasteiger partial charge in [0.25, 0.3) is 0 Å². The highest BCUT2D eigenvalue weighted by Gasteiger charge is 2.08. The van der Waals surface area contributed by atoms with Crippen molar-refractivity contribution in [1.29, 1.82) is 0 Å². The number of nitrogens with zero attached hydrogens (tertiary/aromatic N) is 2. The summed E-state index contributed by atoms with van der Waals surface area (Å²) < 4.78 is 14.9. The molecule has 1 atom stereocenters. The summed E-state index contributed by atoms with van der Waals surface area (Å²) in [7, 11) is 0. The molecular formula is C10H11ClFN3. The van der Waals surface area contributed by atoms with Crippen molar-refractivity contribution in [1.82, 2.24) is 9.78 Å². The Hall–Kier alpha value is -1.13. The van der Waals surface area contributed by atoms with Crippen LogP contribution in [0.5, 0.6) is 0 Å². The number of aromatic nitrogens is 2. The minimum Gasteiger partial charge on any atom is -0.326 e. The maximum absolute atomic E-state index is 13.1. The van der Waals surface area contributed by atoms with Crippen LogP contribution in [0.3, 0.4) is 0 Å². The number of halogens is 2. The summed E-state index contributed by atoms with van der Waals surface area (Å²) in [4.78, 5) is 0. The van der Waals surface area contributed by atoms with E-state index in [-0.39, 0.29) is 11.1 Å². The average molecular weight is 228 g/mol. The van der Waals surface area contributed by atoms with Gasteiger partial charge in [-0.1, -0.05) is 11.6 Å². The Labute approximate surface area is 91.6 Å². The Bertz CT molecular complexity index is 493. The largest absolute Gasteiger partial charge is 0.326 e. The van der Waals surface area contributed by atoms with Crippen LogP contribution in [0.25, 0.3) is 10.9 Å². The molecule has 1 heterocycles. The molecule has 0 bridgehead atoms. The molecule has 0 saturated heterocycles. The van der Waals surface area contributed by atoms with Gasteiger partial charge in [0.1, 0.15) is 5.82 Å². The van der Waals surface area contributed by atoms with E-state index in [0.29, 0.717) is 6.54 Å². The molecule has 1 aromatic heterocycles. The van der Waals surface area contributed by atoms with Gasteiger partial charge in [0.05, 0.1) is 23.3 Å². The second-order valence-corrected chi connectivity index (χ2v) is 4.04. The zero-order valence-corrected chi connectivity index (χ0v) is 9.00. The van der Waals surface area contributed by atoms with Crippen LogP contribution in [0, 0.1) is 5.82 Å². The van der Waals surface area contributed by atoms with Crippen molar-refractivity contribution in [2.75, 3.05) is 0 Å². The van der Waals surface area contributed by atoms with Gasteiger partial charge in [0.2, 0.25) is 0 Å². The Morgan fingerprint density at radius 2 is 2.33 bits per heavy atom. The summed E-state index contributed by atoms with van der Waals surface area (Å²) in [6.07, 6.45) is 1.61. The first-order valence-corrected chi connectivity index (χ1v) is 5.02. The molecule has 0 amide bonds. The molecule has 0 aliphatic rings. The Morgan fingerprint density at radius 1 is 1.60 bits per heavy atom. The molecule has 2 rings (SSSR count). The van der Waals surface area contributed by atoms with Gasteiger partial charge in [0.15, 0.2) is 0 Å². The molecule has 3 nitrogen and oxygen atoms in total. The van der Waals surface area contributed by atoms with Crippen molar-refractivity contribution in [3.63, 3.8) is 0 Å². The summed E-state index contributed by atoms with van der Waals surface area (Å²) in [5.41, 5.74) is 6.48. The van der Waals surface area contributed by atoms with Gasteiger partial charge < -0.3 is 5.73 Å². The van der Waals surface area contributed by atoms with Crippen LogP contribution in [0.15, 0.2) is 18.3 Å². The van der Waals surface area contributed by atoms with Gasteiger partial charge in [0, 0.05) is 11.4 Å². The van der Waals surface area contributed by atoms with Crippen LogP contribution in [0.2, 0.25) is 5.02 Å². The Kier molecular flexibility index (Phi) is 2.63. The molecule has 0 unspecified atom stereocenters. The normalized spacial score (nSPS) is 13.3. The van der Waals surface area contributed by atoms with Crippen molar-refractivity contribution >= 4 is 22.5 Å². The van der Waals surface area contributed by atoms with E-state index in [1.807, 2.05) is 6.92 Å². The lowest BCUT2D eigenvalue weighted by molar-refractivity contribution is 0.553. The molecule has 15 heavy (non-hydrogen) atoms. The number of fused-ring (bicyclic) bond motifs is 1. The van der Waals surface area contributed by atoms with Crippen molar-refractivity contribution in [3.8, 4) is 0 Å². The summed E-state index contributed by atoms with van der Waals surface area (Å²) in [6.45, 7) is 2.48. The third-order valence-corrected chi connectivity index (χ3v) is 2.43. The van der Waals surface area contributed by atoms with Crippen molar-refractivity contribution in [3.05, 3.63) is 29.2 Å². The van der Waals surface area contributed by atoms with Crippen molar-refractivity contribution < 1.29 is 4.39 Å². The molecule has 0 fully saturated rings. The molecule has 80 valence electrons. The van der Waals surface area contributed by atoms with Crippen LogP contribution < -0.4 is 5.73 Å². The fraction of sp³-hybridized carbons (Fsp3) is 0.300. The van der Waals surface area contributed by atoms with E-state index in [0.717, 1.165) is 10.9 Å². The van der Waals surface area contributed by atoms with E-state index < -0.39 is 5.82 Å². The molecule has 0 aliphatic carbocycles. The fourth-order valence-electron chi connectivity index (χ4n) is 1.49. The van der Waals surface area contributed by atoms with E-state index in [4.69, 9.17) is 17.3 Å². The summed E-state index contributed by atoms with van der Waals surface area (Å²) in [5, 5.41) is 4.97. The Balaban J connectivity index is 2.54. The molecule has 0 aliphatic heterocycles. The first-order valence-electron chi connectivity index (χ1n) is 4.64. The minimum absolute atomic E-state index is 0.00284. The van der Waals surface area contributed by atoms with Gasteiger partial charge in [-0.2, -0.15) is 5.10 Å². The lowest BCUT2D eigenvalue weighted by atomic mass is 10.2. The third-order valence-electron chi connectivity index (χ3n) is 2.14. The highest BCUT2D eigenvalue weighted by Crippen LogP contribution is 2.22. The monoisotopic (exact) mass is 227 g/mol. The van der Waals surface area contributed by atoms with Gasteiger partial charge >= 0.3 is 0 Å². The number of benzene rings is 1. The van der Waals surface area contributed by atoms with E-state index in [1.165, 1.54) is 6.07 Å². The minimum atomic E-state index is -0.426. The predicted octanol–water partition coefficient (Wildman–Crippen LogP) is 2.18. The molecule has 5 heteroatoms. The van der Waals surface area contributed by atoms with Crippen molar-refractivity contribution in [2.24, 2.45) is 5.73 Å². The van der Waals surface area contributed by atoms with E-state index in [9.17, 15) is 4.39 Å². The van der Waals surface area contributed by atoms with Crippen molar-refractivity contribution in [2.45, 2.75) is 19.5 Å². The lowest BCUT2D eigenvalue weighted by Crippen LogP contribution is -2.22. The van der Waals surface area contributed by atoms with E-state index in [1.54, 1.807) is 16.9 Å². The molecule has 0 radical (unpaired) electrons. The van der Waals surface area contributed by atoms with E-state index >= 15 is 0 Å². The molecule has 2 aromatic rings. The predicted molar refractivity (Wildman–Crippen MR) is 58.4 cm³/mol. The molecular weight excluding hydrogens is 217 g/mol. The summed E-state index contributed by atoms with van der Waals surface area (Å²) >= 11 is 5.71. The van der Waals surface area contributed by atoms with Crippen LogP contribution in [-0.4, -0.2) is 15.8 Å². The number of hydrogen-bond acceptors (Lipinski definition) is 2. The average Bonchev–Trinajstić information content (AvgIpc) is 2.49. The molecule has 0 spiro atoms. The quantitative estimate of drug-likeness (QED) is 0.855. The van der Waals surface area contributed by atoms with Gasteiger partial charge in [-0.15, -0.1) is 0 Å².